The first-order valence-electron chi connectivity index (χ1n) is 10.5. The van der Waals surface area contributed by atoms with Crippen LogP contribution in [0.15, 0.2) is 78.9 Å². The average Bonchev–Trinajstić information content (AvgIpc) is 2.79. The molecule has 5 heteroatoms. The van der Waals surface area contributed by atoms with Crippen molar-refractivity contribution in [3.63, 3.8) is 0 Å². The number of nitrogens with two attached hydrogens (primary N) is 1. The highest BCUT2D eigenvalue weighted by molar-refractivity contribution is 6.34. The van der Waals surface area contributed by atoms with Gasteiger partial charge in [0, 0.05) is 11.1 Å². The molecule has 32 heavy (non-hydrogen) atoms. The summed E-state index contributed by atoms with van der Waals surface area (Å²) in [6.07, 6.45) is 0. The molecule has 0 spiro atoms. The Kier molecular flexibility index (Phi) is 6.04. The molecule has 0 amide bonds. The molecule has 0 aromatic heterocycles. The first kappa shape index (κ1) is 21.7. The van der Waals surface area contributed by atoms with Crippen LogP contribution in [0.5, 0.6) is 5.75 Å². The minimum atomic E-state index is -1.83. The second-order valence-corrected chi connectivity index (χ2v) is 8.01. The van der Waals surface area contributed by atoms with Crippen molar-refractivity contribution in [3.05, 3.63) is 95.6 Å². The van der Waals surface area contributed by atoms with Crippen LogP contribution in [0.25, 0.3) is 32.3 Å². The van der Waals surface area contributed by atoms with E-state index in [0.29, 0.717) is 5.75 Å². The highest BCUT2D eigenvalue weighted by Crippen LogP contribution is 2.35. The Morgan fingerprint density at radius 3 is 2.03 bits per heavy atom. The summed E-state index contributed by atoms with van der Waals surface area (Å²) < 4.78 is 5.16. The quantitative estimate of drug-likeness (QED) is 0.148. The Bertz CT molecular complexity index is 1400. The van der Waals surface area contributed by atoms with E-state index in [1.165, 1.54) is 22.1 Å². The molecule has 0 aliphatic carbocycles. The van der Waals surface area contributed by atoms with Gasteiger partial charge in [0.15, 0.2) is 0 Å². The molecule has 5 aromatic carbocycles. The summed E-state index contributed by atoms with van der Waals surface area (Å²) in [6, 6.07) is 26.1. The van der Waals surface area contributed by atoms with E-state index < -0.39 is 7.32 Å². The van der Waals surface area contributed by atoms with Crippen LogP contribution in [0, 0.1) is 20.8 Å². The maximum Gasteiger partial charge on any atom is 0.707 e. The molecular weight excluding hydrogens is 397 g/mol. The Hall–Kier alpha value is -3.54. The number of benzene rings is 5. The molecule has 0 atom stereocenters. The van der Waals surface area contributed by atoms with Gasteiger partial charge in [-0.25, -0.2) is 0 Å². The fraction of sp³-hybridized carbons (Fsp3) is 0.111. The zero-order valence-corrected chi connectivity index (χ0v) is 18.5. The zero-order valence-electron chi connectivity index (χ0n) is 18.5. The van der Waals surface area contributed by atoms with E-state index in [2.05, 4.69) is 57.2 Å². The predicted molar refractivity (Wildman–Crippen MR) is 135 cm³/mol. The SMILES string of the molecule is Cc1ccc(N)c(C)c1C.OB(O)Oc1cccc2ccc3cc4ccccc4cc3c12. The van der Waals surface area contributed by atoms with Gasteiger partial charge in [-0.1, -0.05) is 54.6 Å². The van der Waals surface area contributed by atoms with E-state index in [1.807, 2.05) is 36.4 Å². The van der Waals surface area contributed by atoms with Gasteiger partial charge in [-0.2, -0.15) is 0 Å². The van der Waals surface area contributed by atoms with Gasteiger partial charge < -0.3 is 20.4 Å². The number of rotatable bonds is 2. The molecular formula is C27H26BNO3. The first-order valence-corrected chi connectivity index (χ1v) is 10.5. The Labute approximate surface area is 188 Å². The fourth-order valence-electron chi connectivity index (χ4n) is 3.96. The number of aryl methyl sites for hydroxylation is 1. The maximum atomic E-state index is 9.14. The van der Waals surface area contributed by atoms with Gasteiger partial charge in [-0.3, -0.25) is 0 Å². The number of hydrogen-bond donors (Lipinski definition) is 3. The summed E-state index contributed by atoms with van der Waals surface area (Å²) in [6.45, 7) is 6.25. The normalized spacial score (nSPS) is 10.8. The van der Waals surface area contributed by atoms with Crippen molar-refractivity contribution in [3.8, 4) is 5.75 Å². The molecule has 0 unspecified atom stereocenters. The van der Waals surface area contributed by atoms with Crippen molar-refractivity contribution in [2.24, 2.45) is 0 Å². The lowest BCUT2D eigenvalue weighted by Gasteiger charge is -2.12. The van der Waals surface area contributed by atoms with Crippen molar-refractivity contribution >= 4 is 45.3 Å². The molecule has 0 bridgehead atoms. The van der Waals surface area contributed by atoms with Gasteiger partial charge in [-0.05, 0) is 88.7 Å². The minimum absolute atomic E-state index is 0.466. The van der Waals surface area contributed by atoms with Gasteiger partial charge in [0.2, 0.25) is 0 Å². The van der Waals surface area contributed by atoms with Crippen LogP contribution < -0.4 is 10.4 Å². The number of hydrogen-bond acceptors (Lipinski definition) is 4. The number of nitrogen functional groups attached to an aromatic ring is 1. The molecule has 0 fully saturated rings. The van der Waals surface area contributed by atoms with Crippen LogP contribution in [0.2, 0.25) is 0 Å². The summed E-state index contributed by atoms with van der Waals surface area (Å²) in [5.41, 5.74) is 10.4. The molecule has 0 saturated carbocycles. The maximum absolute atomic E-state index is 9.14. The number of anilines is 1. The Morgan fingerprint density at radius 2 is 1.34 bits per heavy atom. The number of fused-ring (bicyclic) bond motifs is 4. The lowest BCUT2D eigenvalue weighted by atomic mass is 9.97. The lowest BCUT2D eigenvalue weighted by Crippen LogP contribution is -2.20. The Balaban J connectivity index is 0.000000207. The zero-order chi connectivity index (χ0) is 22.8. The van der Waals surface area contributed by atoms with Crippen LogP contribution in [0.3, 0.4) is 0 Å². The van der Waals surface area contributed by atoms with E-state index in [4.69, 9.17) is 20.4 Å². The summed E-state index contributed by atoms with van der Waals surface area (Å²) in [5, 5.41) is 24.6. The molecule has 5 rings (SSSR count). The molecule has 0 heterocycles. The van der Waals surface area contributed by atoms with Gasteiger partial charge in [0.25, 0.3) is 0 Å². The molecule has 0 aliphatic heterocycles. The van der Waals surface area contributed by atoms with Crippen LogP contribution >= 0.6 is 0 Å². The molecule has 0 radical (unpaired) electrons. The standard InChI is InChI=1S/C18H13BO3.C9H13N/c20-19(21)22-17-7-3-6-12-8-9-15-10-13-4-1-2-5-14(13)11-16(15)18(12)17;1-6-4-5-9(10)8(3)7(6)2/h1-11,20-21H;4-5H,10H2,1-3H3. The van der Waals surface area contributed by atoms with Crippen LogP contribution in [0.1, 0.15) is 16.7 Å². The third-order valence-electron chi connectivity index (χ3n) is 6.02. The third-order valence-corrected chi connectivity index (χ3v) is 6.02. The van der Waals surface area contributed by atoms with E-state index in [0.717, 1.165) is 32.6 Å². The molecule has 0 aliphatic rings. The van der Waals surface area contributed by atoms with Crippen molar-refractivity contribution in [2.75, 3.05) is 5.73 Å². The van der Waals surface area contributed by atoms with Gasteiger partial charge in [-0.15, -0.1) is 0 Å². The van der Waals surface area contributed by atoms with Crippen molar-refractivity contribution in [1.82, 2.24) is 0 Å². The van der Waals surface area contributed by atoms with E-state index in [9.17, 15) is 0 Å². The molecule has 160 valence electrons. The third kappa shape index (κ3) is 4.26. The predicted octanol–water partition coefficient (Wildman–Crippen LogP) is 5.69. The summed E-state index contributed by atoms with van der Waals surface area (Å²) in [7, 11) is -1.83. The van der Waals surface area contributed by atoms with E-state index >= 15 is 0 Å². The largest absolute Gasteiger partial charge is 0.707 e. The van der Waals surface area contributed by atoms with Crippen LogP contribution in [0.4, 0.5) is 5.69 Å². The lowest BCUT2D eigenvalue weighted by molar-refractivity contribution is 0.289. The first-order chi connectivity index (χ1) is 15.3. The van der Waals surface area contributed by atoms with E-state index in [-0.39, 0.29) is 0 Å². The van der Waals surface area contributed by atoms with Crippen LogP contribution in [-0.4, -0.2) is 17.4 Å². The average molecular weight is 423 g/mol. The van der Waals surface area contributed by atoms with Gasteiger partial charge in [0.1, 0.15) is 5.75 Å². The summed E-state index contributed by atoms with van der Waals surface area (Å²) in [4.78, 5) is 0. The molecule has 4 nitrogen and oxygen atoms in total. The highest BCUT2D eigenvalue weighted by atomic mass is 16.6. The van der Waals surface area contributed by atoms with Crippen LogP contribution in [-0.2, 0) is 0 Å². The van der Waals surface area contributed by atoms with Crippen molar-refractivity contribution in [2.45, 2.75) is 20.8 Å². The Morgan fingerprint density at radius 1 is 0.688 bits per heavy atom. The van der Waals surface area contributed by atoms with E-state index in [1.54, 1.807) is 6.07 Å². The summed E-state index contributed by atoms with van der Waals surface area (Å²) >= 11 is 0. The monoisotopic (exact) mass is 423 g/mol. The molecule has 4 N–H and O–H groups in total. The summed E-state index contributed by atoms with van der Waals surface area (Å²) in [5.74, 6) is 0.466. The second-order valence-electron chi connectivity index (χ2n) is 8.01. The van der Waals surface area contributed by atoms with Gasteiger partial charge in [0.05, 0.1) is 0 Å². The fourth-order valence-corrected chi connectivity index (χ4v) is 3.96. The molecule has 5 aromatic rings. The van der Waals surface area contributed by atoms with Gasteiger partial charge >= 0.3 is 7.32 Å². The second kappa shape index (κ2) is 8.91. The molecule has 0 saturated heterocycles. The van der Waals surface area contributed by atoms with Crippen molar-refractivity contribution < 1.29 is 14.7 Å². The smallest absolute Gasteiger partial charge is 0.511 e. The minimum Gasteiger partial charge on any atom is -0.511 e. The topological polar surface area (TPSA) is 75.7 Å². The highest BCUT2D eigenvalue weighted by Gasteiger charge is 2.15. The van der Waals surface area contributed by atoms with Crippen molar-refractivity contribution in [1.29, 1.82) is 0 Å².